The molecule has 0 bridgehead atoms. The fraction of sp³-hybridized carbons (Fsp3) is 0.600. The Bertz CT molecular complexity index is 802. The zero-order valence-corrected chi connectivity index (χ0v) is 15.9. The molecule has 0 aliphatic carbocycles. The van der Waals surface area contributed by atoms with Gasteiger partial charge in [-0.2, -0.15) is 0 Å². The van der Waals surface area contributed by atoms with Crippen LogP contribution in [0.2, 0.25) is 0 Å². The minimum absolute atomic E-state index is 0.0225. The zero-order valence-electron chi connectivity index (χ0n) is 15.9. The van der Waals surface area contributed by atoms with Crippen molar-refractivity contribution in [3.8, 4) is 5.75 Å². The van der Waals surface area contributed by atoms with Gasteiger partial charge in [0.2, 0.25) is 0 Å². The Morgan fingerprint density at radius 3 is 2.92 bits per heavy atom. The molecule has 3 heterocycles. The minimum Gasteiger partial charge on any atom is -0.504 e. The normalized spacial score (nSPS) is 21.5. The standard InChI is InChI=1S/C20H29N3O3/c1-4-5-7-16-12-22(13-18(26-16)14(2)3)11-15-10-19(25)23-9-6-8-17(24)20(23)21-15/h6,8-10,14,16,18,24H,4-5,7,11-13H2,1-3H3/t16-,18-/m1/s1. The summed E-state index contributed by atoms with van der Waals surface area (Å²) in [5.41, 5.74) is 0.832. The maximum absolute atomic E-state index is 12.3. The first-order valence-electron chi connectivity index (χ1n) is 9.56. The van der Waals surface area contributed by atoms with Crippen molar-refractivity contribution in [2.45, 2.75) is 58.8 Å². The van der Waals surface area contributed by atoms with Crippen molar-refractivity contribution in [2.75, 3.05) is 13.1 Å². The largest absolute Gasteiger partial charge is 0.504 e. The molecule has 1 aliphatic rings. The molecule has 0 radical (unpaired) electrons. The Morgan fingerprint density at radius 2 is 2.19 bits per heavy atom. The summed E-state index contributed by atoms with van der Waals surface area (Å²) in [5, 5.41) is 10.0. The number of rotatable bonds is 6. The van der Waals surface area contributed by atoms with Gasteiger partial charge in [0.1, 0.15) is 0 Å². The molecule has 3 rings (SSSR count). The molecule has 0 amide bonds. The number of hydrogen-bond donors (Lipinski definition) is 1. The summed E-state index contributed by atoms with van der Waals surface area (Å²) < 4.78 is 7.64. The van der Waals surface area contributed by atoms with Crippen molar-refractivity contribution >= 4 is 5.65 Å². The highest BCUT2D eigenvalue weighted by Crippen LogP contribution is 2.22. The molecule has 6 nitrogen and oxygen atoms in total. The molecular formula is C20H29N3O3. The third-order valence-corrected chi connectivity index (χ3v) is 5.00. The molecule has 2 aromatic heterocycles. The highest BCUT2D eigenvalue weighted by Gasteiger charge is 2.29. The Morgan fingerprint density at radius 1 is 1.38 bits per heavy atom. The molecule has 0 spiro atoms. The number of unbranched alkanes of at least 4 members (excludes halogenated alkanes) is 1. The number of nitrogens with zero attached hydrogens (tertiary/aromatic N) is 3. The lowest BCUT2D eigenvalue weighted by Crippen LogP contribution is -2.49. The highest BCUT2D eigenvalue weighted by molar-refractivity contribution is 5.52. The average Bonchev–Trinajstić information content (AvgIpc) is 2.61. The van der Waals surface area contributed by atoms with E-state index in [1.165, 1.54) is 4.40 Å². The number of hydrogen-bond acceptors (Lipinski definition) is 5. The SMILES string of the molecule is CCCC[C@@H]1CN(Cc2cc(=O)n3cccc(O)c3n2)C[C@H](C(C)C)O1. The molecule has 0 saturated carbocycles. The van der Waals surface area contributed by atoms with Crippen LogP contribution < -0.4 is 5.56 Å². The van der Waals surface area contributed by atoms with Crippen molar-refractivity contribution in [3.63, 3.8) is 0 Å². The quantitative estimate of drug-likeness (QED) is 0.859. The summed E-state index contributed by atoms with van der Waals surface area (Å²) in [6, 6.07) is 4.75. The number of fused-ring (bicyclic) bond motifs is 1. The third kappa shape index (κ3) is 4.24. The van der Waals surface area contributed by atoms with Crippen molar-refractivity contribution in [1.29, 1.82) is 0 Å². The van der Waals surface area contributed by atoms with E-state index < -0.39 is 0 Å². The van der Waals surface area contributed by atoms with Gasteiger partial charge in [-0.05, 0) is 24.5 Å². The molecule has 26 heavy (non-hydrogen) atoms. The topological polar surface area (TPSA) is 67.1 Å². The van der Waals surface area contributed by atoms with E-state index in [1.54, 1.807) is 24.4 Å². The molecule has 2 atom stereocenters. The molecule has 1 fully saturated rings. The predicted octanol–water partition coefficient (Wildman–Crippen LogP) is 2.82. The van der Waals surface area contributed by atoms with Gasteiger partial charge in [0.15, 0.2) is 11.4 Å². The summed E-state index contributed by atoms with van der Waals surface area (Å²) in [5.74, 6) is 0.468. The van der Waals surface area contributed by atoms with Crippen molar-refractivity contribution in [2.24, 2.45) is 5.92 Å². The van der Waals surface area contributed by atoms with Gasteiger partial charge in [0, 0.05) is 31.9 Å². The van der Waals surface area contributed by atoms with E-state index >= 15 is 0 Å². The summed E-state index contributed by atoms with van der Waals surface area (Å²) in [7, 11) is 0. The predicted molar refractivity (Wildman–Crippen MR) is 101 cm³/mol. The monoisotopic (exact) mass is 359 g/mol. The van der Waals surface area contributed by atoms with Crippen molar-refractivity contribution in [1.82, 2.24) is 14.3 Å². The molecule has 0 unspecified atom stereocenters. The van der Waals surface area contributed by atoms with Crippen LogP contribution in [-0.2, 0) is 11.3 Å². The fourth-order valence-corrected chi connectivity index (χ4v) is 3.51. The molecule has 0 aromatic carbocycles. The molecule has 1 saturated heterocycles. The molecule has 1 aliphatic heterocycles. The lowest BCUT2D eigenvalue weighted by molar-refractivity contribution is -0.108. The summed E-state index contributed by atoms with van der Waals surface area (Å²) in [6.07, 6.45) is 5.43. The third-order valence-electron chi connectivity index (χ3n) is 5.00. The first kappa shape index (κ1) is 18.9. The second kappa shape index (κ2) is 8.18. The second-order valence-corrected chi connectivity index (χ2v) is 7.55. The van der Waals surface area contributed by atoms with E-state index in [0.717, 1.165) is 32.4 Å². The fourth-order valence-electron chi connectivity index (χ4n) is 3.51. The number of morpholine rings is 1. The summed E-state index contributed by atoms with van der Waals surface area (Å²) in [6.45, 7) is 8.84. The van der Waals surface area contributed by atoms with Crippen LogP contribution >= 0.6 is 0 Å². The van der Waals surface area contributed by atoms with Gasteiger partial charge in [-0.1, -0.05) is 33.6 Å². The van der Waals surface area contributed by atoms with Gasteiger partial charge in [-0.25, -0.2) is 4.98 Å². The molecule has 6 heteroatoms. The van der Waals surface area contributed by atoms with E-state index in [2.05, 4.69) is 30.7 Å². The number of aromatic hydroxyl groups is 1. The lowest BCUT2D eigenvalue weighted by Gasteiger charge is -2.39. The molecular weight excluding hydrogens is 330 g/mol. The molecule has 2 aromatic rings. The van der Waals surface area contributed by atoms with E-state index in [0.29, 0.717) is 23.8 Å². The second-order valence-electron chi connectivity index (χ2n) is 7.55. The Hall–Kier alpha value is -1.92. The highest BCUT2D eigenvalue weighted by atomic mass is 16.5. The van der Waals surface area contributed by atoms with Gasteiger partial charge in [0.25, 0.3) is 5.56 Å². The molecule has 142 valence electrons. The van der Waals surface area contributed by atoms with Crippen molar-refractivity contribution in [3.05, 3.63) is 40.4 Å². The number of aromatic nitrogens is 2. The first-order valence-corrected chi connectivity index (χ1v) is 9.56. The summed E-state index contributed by atoms with van der Waals surface area (Å²) in [4.78, 5) is 19.2. The van der Waals surface area contributed by atoms with E-state index in [-0.39, 0.29) is 23.5 Å². The van der Waals surface area contributed by atoms with Crippen LogP contribution in [0, 0.1) is 5.92 Å². The van der Waals surface area contributed by atoms with Crippen LogP contribution in [0.1, 0.15) is 45.7 Å². The van der Waals surface area contributed by atoms with Crippen LogP contribution in [0.25, 0.3) is 5.65 Å². The lowest BCUT2D eigenvalue weighted by atomic mass is 10.0. The van der Waals surface area contributed by atoms with Crippen LogP contribution in [0.15, 0.2) is 29.2 Å². The Labute approximate surface area is 154 Å². The van der Waals surface area contributed by atoms with Crippen molar-refractivity contribution < 1.29 is 9.84 Å². The maximum atomic E-state index is 12.3. The smallest absolute Gasteiger partial charge is 0.258 e. The zero-order chi connectivity index (χ0) is 18.7. The van der Waals surface area contributed by atoms with E-state index in [4.69, 9.17) is 4.74 Å². The van der Waals surface area contributed by atoms with Crippen LogP contribution in [0.3, 0.4) is 0 Å². The van der Waals surface area contributed by atoms with Gasteiger partial charge in [-0.15, -0.1) is 0 Å². The van der Waals surface area contributed by atoms with Crippen LogP contribution in [0.4, 0.5) is 0 Å². The number of pyridine rings is 1. The summed E-state index contributed by atoms with van der Waals surface area (Å²) >= 11 is 0. The van der Waals surface area contributed by atoms with Gasteiger partial charge in [-0.3, -0.25) is 14.1 Å². The van der Waals surface area contributed by atoms with Gasteiger partial charge >= 0.3 is 0 Å². The first-order chi connectivity index (χ1) is 12.5. The Balaban J connectivity index is 1.81. The van der Waals surface area contributed by atoms with Gasteiger partial charge < -0.3 is 9.84 Å². The van der Waals surface area contributed by atoms with Crippen LogP contribution in [0.5, 0.6) is 5.75 Å². The number of ether oxygens (including phenoxy) is 1. The Kier molecular flexibility index (Phi) is 5.94. The average molecular weight is 359 g/mol. The minimum atomic E-state index is -0.169. The van der Waals surface area contributed by atoms with E-state index in [9.17, 15) is 9.90 Å². The maximum Gasteiger partial charge on any atom is 0.258 e. The van der Waals surface area contributed by atoms with Crippen LogP contribution in [-0.4, -0.2) is 44.7 Å². The van der Waals surface area contributed by atoms with E-state index in [1.807, 2.05) is 0 Å². The molecule has 1 N–H and O–H groups in total. The van der Waals surface area contributed by atoms with Gasteiger partial charge in [0.05, 0.1) is 17.9 Å².